The van der Waals surface area contributed by atoms with Crippen molar-refractivity contribution in [1.82, 2.24) is 2.84 Å². The molecule has 84 valence electrons. The van der Waals surface area contributed by atoms with Gasteiger partial charge in [0.2, 0.25) is 0 Å². The molecule has 0 aliphatic heterocycles. The van der Waals surface area contributed by atoms with Crippen molar-refractivity contribution in [2.75, 3.05) is 0 Å². The molecule has 1 aromatic rings. The van der Waals surface area contributed by atoms with E-state index in [1.807, 2.05) is 0 Å². The van der Waals surface area contributed by atoms with Crippen molar-refractivity contribution in [1.29, 1.82) is 0 Å². The van der Waals surface area contributed by atoms with Crippen LogP contribution in [0.5, 0.6) is 0 Å². The Balaban J connectivity index is 2.50. The normalized spacial score (nSPS) is 13.1. The fraction of sp³-hybridized carbons (Fsp3) is 0.538. The summed E-state index contributed by atoms with van der Waals surface area (Å²) in [6, 6.07) is 11.5. The maximum absolute atomic E-state index is 2.53. The van der Waals surface area contributed by atoms with Crippen molar-refractivity contribution in [2.45, 2.75) is 45.7 Å². The second kappa shape index (κ2) is 7.36. The number of hydrogen-bond donors (Lipinski definition) is 0. The summed E-state index contributed by atoms with van der Waals surface area (Å²) in [5, 5.41) is 0. The fourth-order valence-electron chi connectivity index (χ4n) is 1.76. The van der Waals surface area contributed by atoms with Gasteiger partial charge in [-0.25, -0.2) is 0 Å². The van der Waals surface area contributed by atoms with Crippen LogP contribution in [0.1, 0.15) is 38.7 Å². The van der Waals surface area contributed by atoms with Crippen molar-refractivity contribution >= 4 is 0 Å². The molecule has 2 heteroatoms. The predicted octanol–water partition coefficient (Wildman–Crippen LogP) is 3.53. The quantitative estimate of drug-likeness (QED) is 0.706. The van der Waals surface area contributed by atoms with Gasteiger partial charge in [0.25, 0.3) is 0 Å². The van der Waals surface area contributed by atoms with Crippen LogP contribution in [0.15, 0.2) is 30.3 Å². The standard InChI is InChI=1S/C13H20AtN/c1-3-8-13(4-2)15(14)11-12-9-6-5-7-10-12/h5-7,9-10,13H,3-4,8,11H2,1-2H3. The zero-order chi connectivity index (χ0) is 11.1. The first kappa shape index (κ1) is 13.1. The Morgan fingerprint density at radius 1 is 1.20 bits per heavy atom. The molecule has 15 heavy (non-hydrogen) atoms. The fourth-order valence-corrected chi connectivity index (χ4v) is 3.21. The summed E-state index contributed by atoms with van der Waals surface area (Å²) in [5.74, 6) is 0. The predicted molar refractivity (Wildman–Crippen MR) is 61.0 cm³/mol. The van der Waals surface area contributed by atoms with Gasteiger partial charge in [0.05, 0.1) is 0 Å². The van der Waals surface area contributed by atoms with Gasteiger partial charge in [0.15, 0.2) is 0 Å². The van der Waals surface area contributed by atoms with E-state index in [-0.39, 0.29) is 0 Å². The molecule has 0 aliphatic rings. The second-order valence-corrected chi connectivity index (χ2v) is 5.58. The summed E-state index contributed by atoms with van der Waals surface area (Å²) in [6.45, 7) is 5.65. The van der Waals surface area contributed by atoms with Gasteiger partial charge in [-0.1, -0.05) is 0 Å². The van der Waals surface area contributed by atoms with Gasteiger partial charge in [-0.2, -0.15) is 0 Å². The molecule has 0 radical (unpaired) electrons. The number of rotatable bonds is 6. The van der Waals surface area contributed by atoms with Crippen LogP contribution in [0, 0.1) is 25.0 Å². The third-order valence-corrected chi connectivity index (χ3v) is 4.20. The topological polar surface area (TPSA) is 3.24 Å². The second-order valence-electron chi connectivity index (χ2n) is 3.89. The van der Waals surface area contributed by atoms with Crippen LogP contribution in [-0.2, 0) is 6.54 Å². The Bertz CT molecular complexity index is 260. The summed E-state index contributed by atoms with van der Waals surface area (Å²) >= 11 is 1.81. The van der Waals surface area contributed by atoms with Gasteiger partial charge >= 0.3 is 109 Å². The molecule has 0 spiro atoms. The molecule has 0 saturated carbocycles. The molecule has 1 unspecified atom stereocenters. The Hall–Kier alpha value is 0.0631. The van der Waals surface area contributed by atoms with Crippen LogP contribution in [-0.4, -0.2) is 8.89 Å². The van der Waals surface area contributed by atoms with Crippen LogP contribution in [0.4, 0.5) is 0 Å². The van der Waals surface area contributed by atoms with Gasteiger partial charge in [-0.05, 0) is 0 Å². The number of nitrogens with zero attached hydrogens (tertiary/aromatic N) is 1. The van der Waals surface area contributed by atoms with Crippen LogP contribution in [0.2, 0.25) is 0 Å². The van der Waals surface area contributed by atoms with E-state index in [4.69, 9.17) is 0 Å². The first-order valence-electron chi connectivity index (χ1n) is 5.74. The van der Waals surface area contributed by atoms with E-state index in [0.717, 1.165) is 12.6 Å². The molecule has 0 bridgehead atoms. The summed E-state index contributed by atoms with van der Waals surface area (Å²) < 4.78 is 2.53. The van der Waals surface area contributed by atoms with Gasteiger partial charge in [-0.15, -0.1) is 0 Å². The molecule has 0 N–H and O–H groups in total. The minimum absolute atomic E-state index is 0.756. The summed E-state index contributed by atoms with van der Waals surface area (Å²) in [6.07, 6.45) is 3.86. The van der Waals surface area contributed by atoms with Crippen molar-refractivity contribution in [2.24, 2.45) is 0 Å². The van der Waals surface area contributed by atoms with Gasteiger partial charge in [0, 0.05) is 0 Å². The summed E-state index contributed by atoms with van der Waals surface area (Å²) in [4.78, 5) is 0. The van der Waals surface area contributed by atoms with E-state index in [2.05, 4.69) is 47.0 Å². The van der Waals surface area contributed by atoms with E-state index in [9.17, 15) is 0 Å². The first-order valence-corrected chi connectivity index (χ1v) is 7.05. The van der Waals surface area contributed by atoms with Gasteiger partial charge < -0.3 is 0 Å². The molecule has 1 atom stereocenters. The molecule has 1 nitrogen and oxygen atoms in total. The zero-order valence-corrected chi connectivity index (χ0v) is 12.6. The Morgan fingerprint density at radius 2 is 1.87 bits per heavy atom. The van der Waals surface area contributed by atoms with E-state index in [0.29, 0.717) is 0 Å². The molecule has 1 aromatic carbocycles. The molecular weight excluding hydrogens is 380 g/mol. The van der Waals surface area contributed by atoms with Crippen LogP contribution < -0.4 is 0 Å². The molecule has 0 amide bonds. The molecular formula is C13H20AtN. The van der Waals surface area contributed by atoms with E-state index in [1.54, 1.807) is 25.0 Å². The van der Waals surface area contributed by atoms with Crippen LogP contribution in [0.3, 0.4) is 0 Å². The Labute approximate surface area is 109 Å². The van der Waals surface area contributed by atoms with Gasteiger partial charge in [-0.3, -0.25) is 0 Å². The Morgan fingerprint density at radius 3 is 2.40 bits per heavy atom. The molecule has 0 aromatic heterocycles. The third kappa shape index (κ3) is 4.61. The molecule has 0 fully saturated rings. The van der Waals surface area contributed by atoms with Crippen molar-refractivity contribution in [3.63, 3.8) is 0 Å². The van der Waals surface area contributed by atoms with Crippen molar-refractivity contribution < 1.29 is 25.0 Å². The van der Waals surface area contributed by atoms with Gasteiger partial charge in [0.1, 0.15) is 0 Å². The minimum atomic E-state index is 0.756. The first-order chi connectivity index (χ1) is 7.27. The molecule has 0 heterocycles. The molecule has 0 saturated heterocycles. The maximum atomic E-state index is 2.53. The zero-order valence-electron chi connectivity index (χ0n) is 9.62. The van der Waals surface area contributed by atoms with E-state index >= 15 is 0 Å². The number of hydrogen-bond acceptors (Lipinski definition) is 1. The monoisotopic (exact) mass is 400 g/mol. The number of benzene rings is 1. The summed E-state index contributed by atoms with van der Waals surface area (Å²) in [5.41, 5.74) is 1.43. The van der Waals surface area contributed by atoms with E-state index < -0.39 is 0 Å². The third-order valence-electron chi connectivity index (χ3n) is 2.67. The molecule has 0 aliphatic carbocycles. The summed E-state index contributed by atoms with van der Waals surface area (Å²) in [7, 11) is 0. The average Bonchev–Trinajstić information content (AvgIpc) is 2.27. The van der Waals surface area contributed by atoms with Crippen LogP contribution >= 0.6 is 0 Å². The van der Waals surface area contributed by atoms with E-state index in [1.165, 1.54) is 24.8 Å². The van der Waals surface area contributed by atoms with Crippen molar-refractivity contribution in [3.05, 3.63) is 35.9 Å². The SMILES string of the molecule is CCCC(CC)N([At])Cc1ccccc1. The van der Waals surface area contributed by atoms with Crippen LogP contribution in [0.25, 0.3) is 0 Å². The molecule has 1 rings (SSSR count). The average molecular weight is 400 g/mol. The Kier molecular flexibility index (Phi) is 6.44. The van der Waals surface area contributed by atoms with Crippen molar-refractivity contribution in [3.8, 4) is 0 Å².